The minimum absolute atomic E-state index is 0.370. The van der Waals surface area contributed by atoms with Crippen molar-refractivity contribution in [3.63, 3.8) is 0 Å². The maximum atomic E-state index is 9.53. The van der Waals surface area contributed by atoms with Gasteiger partial charge in [0.25, 0.3) is 0 Å². The van der Waals surface area contributed by atoms with Gasteiger partial charge in [-0.25, -0.2) is 0 Å². The summed E-state index contributed by atoms with van der Waals surface area (Å²) >= 11 is 0. The van der Waals surface area contributed by atoms with Gasteiger partial charge in [-0.1, -0.05) is 20.3 Å². The van der Waals surface area contributed by atoms with Crippen molar-refractivity contribution in [1.29, 1.82) is 0 Å². The third-order valence-electron chi connectivity index (χ3n) is 2.07. The molecule has 0 fully saturated rings. The lowest BCUT2D eigenvalue weighted by atomic mass is 9.92. The Morgan fingerprint density at radius 1 is 1.36 bits per heavy atom. The molecule has 0 saturated carbocycles. The minimum Gasteiger partial charge on any atom is -0.393 e. The summed E-state index contributed by atoms with van der Waals surface area (Å²) in [5.74, 6) is 0. The van der Waals surface area contributed by atoms with Crippen molar-refractivity contribution in [3.05, 3.63) is 0 Å². The van der Waals surface area contributed by atoms with Crippen molar-refractivity contribution in [1.82, 2.24) is 0 Å². The van der Waals surface area contributed by atoms with Crippen LogP contribution in [0.1, 0.15) is 33.1 Å². The topological polar surface area (TPSA) is 60.7 Å². The largest absolute Gasteiger partial charge is 0.393 e. The Balaban J connectivity index is 4.00. The number of hydrogen-bond donors (Lipinski definition) is 3. The van der Waals surface area contributed by atoms with Gasteiger partial charge in [0, 0.05) is 0 Å². The van der Waals surface area contributed by atoms with Crippen molar-refractivity contribution < 1.29 is 15.3 Å². The molecule has 0 aliphatic rings. The summed E-state index contributed by atoms with van der Waals surface area (Å²) in [4.78, 5) is 0. The molecular weight excluding hydrogens is 144 g/mol. The fourth-order valence-electron chi connectivity index (χ4n) is 0.995. The van der Waals surface area contributed by atoms with E-state index in [4.69, 9.17) is 5.11 Å². The molecule has 3 heteroatoms. The van der Waals surface area contributed by atoms with E-state index in [1.165, 1.54) is 0 Å². The van der Waals surface area contributed by atoms with Gasteiger partial charge in [-0.3, -0.25) is 0 Å². The molecule has 0 heterocycles. The van der Waals surface area contributed by atoms with Crippen LogP contribution in [0, 0.1) is 0 Å². The quantitative estimate of drug-likeness (QED) is 0.544. The van der Waals surface area contributed by atoms with E-state index in [0.717, 1.165) is 6.42 Å². The molecule has 2 unspecified atom stereocenters. The molecule has 11 heavy (non-hydrogen) atoms. The van der Waals surface area contributed by atoms with E-state index < -0.39 is 11.7 Å². The summed E-state index contributed by atoms with van der Waals surface area (Å²) in [6.07, 6.45) is 0.918. The molecule has 3 nitrogen and oxygen atoms in total. The van der Waals surface area contributed by atoms with Crippen LogP contribution in [0.4, 0.5) is 0 Å². The molecule has 3 N–H and O–H groups in total. The second-order valence-corrected chi connectivity index (χ2v) is 2.92. The van der Waals surface area contributed by atoms with Crippen molar-refractivity contribution in [2.75, 3.05) is 6.61 Å². The molecule has 68 valence electrons. The Kier molecular flexibility index (Phi) is 4.65. The van der Waals surface area contributed by atoms with E-state index in [-0.39, 0.29) is 6.61 Å². The molecule has 0 aromatic heterocycles. The normalized spacial score (nSPS) is 19.4. The minimum atomic E-state index is -1.30. The smallest absolute Gasteiger partial charge is 0.113 e. The van der Waals surface area contributed by atoms with Crippen LogP contribution in [0.3, 0.4) is 0 Å². The molecule has 0 bridgehead atoms. The lowest BCUT2D eigenvalue weighted by Gasteiger charge is -2.29. The molecule has 0 radical (unpaired) electrons. The molecule has 0 aliphatic carbocycles. The van der Waals surface area contributed by atoms with Gasteiger partial charge in [0.15, 0.2) is 0 Å². The van der Waals surface area contributed by atoms with Gasteiger partial charge in [0.1, 0.15) is 5.60 Å². The zero-order chi connectivity index (χ0) is 8.91. The molecule has 0 amide bonds. The van der Waals surface area contributed by atoms with Crippen LogP contribution in [0.15, 0.2) is 0 Å². The van der Waals surface area contributed by atoms with Gasteiger partial charge in [0.05, 0.1) is 12.7 Å². The Morgan fingerprint density at radius 2 is 1.91 bits per heavy atom. The van der Waals surface area contributed by atoms with Crippen molar-refractivity contribution in [3.8, 4) is 0 Å². The predicted molar refractivity (Wildman–Crippen MR) is 43.2 cm³/mol. The Morgan fingerprint density at radius 3 is 2.18 bits per heavy atom. The zero-order valence-electron chi connectivity index (χ0n) is 7.25. The maximum Gasteiger partial charge on any atom is 0.113 e. The number of aliphatic hydroxyl groups is 3. The summed E-state index contributed by atoms with van der Waals surface area (Å²) in [7, 11) is 0. The van der Waals surface area contributed by atoms with Gasteiger partial charge in [-0.2, -0.15) is 0 Å². The van der Waals surface area contributed by atoms with Gasteiger partial charge < -0.3 is 15.3 Å². The van der Waals surface area contributed by atoms with Crippen molar-refractivity contribution in [2.45, 2.75) is 44.8 Å². The standard InChI is InChI=1S/C8H18O3/c1-3-5-7(10)8(11,4-2)6-9/h7,9-11H,3-6H2,1-2H3. The van der Waals surface area contributed by atoms with Gasteiger partial charge in [0.2, 0.25) is 0 Å². The highest BCUT2D eigenvalue weighted by molar-refractivity contribution is 4.83. The summed E-state index contributed by atoms with van der Waals surface area (Å²) in [5, 5.41) is 27.7. The fourth-order valence-corrected chi connectivity index (χ4v) is 0.995. The summed E-state index contributed by atoms with van der Waals surface area (Å²) in [5.41, 5.74) is -1.30. The zero-order valence-corrected chi connectivity index (χ0v) is 7.25. The maximum absolute atomic E-state index is 9.53. The fraction of sp³-hybridized carbons (Fsp3) is 1.00. The van der Waals surface area contributed by atoms with Crippen molar-refractivity contribution >= 4 is 0 Å². The third kappa shape index (κ3) is 2.77. The molecule has 0 aromatic carbocycles. The number of aliphatic hydroxyl groups excluding tert-OH is 2. The highest BCUT2D eigenvalue weighted by Crippen LogP contribution is 2.18. The number of rotatable bonds is 5. The average Bonchev–Trinajstić information content (AvgIpc) is 2.03. The van der Waals surface area contributed by atoms with Gasteiger partial charge in [-0.05, 0) is 12.8 Å². The van der Waals surface area contributed by atoms with E-state index in [0.29, 0.717) is 12.8 Å². The first-order valence-electron chi connectivity index (χ1n) is 4.12. The van der Waals surface area contributed by atoms with Gasteiger partial charge in [-0.15, -0.1) is 0 Å². The van der Waals surface area contributed by atoms with Crippen LogP contribution in [0.25, 0.3) is 0 Å². The van der Waals surface area contributed by atoms with E-state index in [1.807, 2.05) is 6.92 Å². The molecule has 0 spiro atoms. The molecule has 0 saturated heterocycles. The highest BCUT2D eigenvalue weighted by atomic mass is 16.4. The highest BCUT2D eigenvalue weighted by Gasteiger charge is 2.31. The van der Waals surface area contributed by atoms with Crippen LogP contribution in [-0.2, 0) is 0 Å². The van der Waals surface area contributed by atoms with Crippen molar-refractivity contribution in [2.24, 2.45) is 0 Å². The second kappa shape index (κ2) is 4.70. The number of hydrogen-bond acceptors (Lipinski definition) is 3. The van der Waals surface area contributed by atoms with E-state index >= 15 is 0 Å². The van der Waals surface area contributed by atoms with Crippen LogP contribution in [0.2, 0.25) is 0 Å². The SMILES string of the molecule is CCCC(O)C(O)(CC)CO. The molecule has 0 aromatic rings. The third-order valence-corrected chi connectivity index (χ3v) is 2.07. The van der Waals surface area contributed by atoms with Gasteiger partial charge >= 0.3 is 0 Å². The molecular formula is C8H18O3. The second-order valence-electron chi connectivity index (χ2n) is 2.92. The summed E-state index contributed by atoms with van der Waals surface area (Å²) < 4.78 is 0. The predicted octanol–water partition coefficient (Wildman–Crippen LogP) is 0.281. The summed E-state index contributed by atoms with van der Waals surface area (Å²) in [6, 6.07) is 0. The van der Waals surface area contributed by atoms with E-state index in [2.05, 4.69) is 0 Å². The Labute approximate surface area is 67.7 Å². The molecule has 2 atom stereocenters. The Bertz CT molecular complexity index is 99.5. The van der Waals surface area contributed by atoms with Crippen LogP contribution < -0.4 is 0 Å². The van der Waals surface area contributed by atoms with E-state index in [1.54, 1.807) is 6.92 Å². The average molecular weight is 162 g/mol. The first-order valence-corrected chi connectivity index (χ1v) is 4.12. The first kappa shape index (κ1) is 10.9. The van der Waals surface area contributed by atoms with Crippen LogP contribution in [-0.4, -0.2) is 33.6 Å². The summed E-state index contributed by atoms with van der Waals surface area (Å²) in [6.45, 7) is 3.30. The Hall–Kier alpha value is -0.120. The lowest BCUT2D eigenvalue weighted by molar-refractivity contribution is -0.109. The van der Waals surface area contributed by atoms with E-state index in [9.17, 15) is 10.2 Å². The molecule has 0 aliphatic heterocycles. The monoisotopic (exact) mass is 162 g/mol. The first-order chi connectivity index (χ1) is 5.10. The van der Waals surface area contributed by atoms with Crippen LogP contribution >= 0.6 is 0 Å². The molecule has 0 rings (SSSR count). The van der Waals surface area contributed by atoms with Crippen LogP contribution in [0.5, 0.6) is 0 Å². The lowest BCUT2D eigenvalue weighted by Crippen LogP contribution is -2.45.